The summed E-state index contributed by atoms with van der Waals surface area (Å²) < 4.78 is 12.8. The predicted octanol–water partition coefficient (Wildman–Crippen LogP) is 6.24. The summed E-state index contributed by atoms with van der Waals surface area (Å²) in [6.45, 7) is 16.7. The average Bonchev–Trinajstić information content (AvgIpc) is 3.52. The molecule has 1 aromatic carbocycles. The number of carbonyl (C=O) groups excluding carboxylic acids is 1. The van der Waals surface area contributed by atoms with Crippen LogP contribution in [-0.4, -0.2) is 55.6 Å². The summed E-state index contributed by atoms with van der Waals surface area (Å²) in [4.78, 5) is 17.2. The first-order valence-electron chi connectivity index (χ1n) is 16.4. The van der Waals surface area contributed by atoms with Crippen molar-refractivity contribution < 1.29 is 24.5 Å². The van der Waals surface area contributed by atoms with Crippen molar-refractivity contribution in [1.29, 1.82) is 0 Å². The normalized spacial score (nSPS) is 39.1. The number of ketones is 1. The number of ether oxygens (including phenoxy) is 2. The fourth-order valence-electron chi connectivity index (χ4n) is 10.8. The molecule has 2 fully saturated rings. The molecule has 4 aliphatic carbocycles. The molecule has 3 heterocycles. The molecule has 1 unspecified atom stereocenters. The quantitative estimate of drug-likeness (QED) is 0.368. The van der Waals surface area contributed by atoms with E-state index in [0.717, 1.165) is 44.1 Å². The minimum absolute atomic E-state index is 0.205. The van der Waals surface area contributed by atoms with Crippen LogP contribution in [0.3, 0.4) is 0 Å². The van der Waals surface area contributed by atoms with Crippen molar-refractivity contribution in [3.05, 3.63) is 51.7 Å². The number of aromatic amines is 1. The average molecular weight is 586 g/mol. The maximum absolute atomic E-state index is 13.2. The molecule has 6 aliphatic rings. The highest BCUT2D eigenvalue weighted by molar-refractivity contribution is 5.96. The van der Waals surface area contributed by atoms with Gasteiger partial charge in [-0.2, -0.15) is 0 Å². The Morgan fingerprint density at radius 2 is 1.79 bits per heavy atom. The zero-order valence-electron chi connectivity index (χ0n) is 27.0. The number of carbonyl (C=O) groups is 1. The highest BCUT2D eigenvalue weighted by Gasteiger charge is 2.70. The number of H-pyrrole nitrogens is 1. The van der Waals surface area contributed by atoms with Gasteiger partial charge >= 0.3 is 0 Å². The minimum Gasteiger partial charge on any atom is -0.387 e. The summed E-state index contributed by atoms with van der Waals surface area (Å²) in [5.74, 6) is 0.168. The van der Waals surface area contributed by atoms with Gasteiger partial charge in [-0.1, -0.05) is 13.8 Å². The minimum atomic E-state index is -1.27. The number of nitrogens with one attached hydrogen (secondary N) is 1. The lowest BCUT2D eigenvalue weighted by Crippen LogP contribution is -2.68. The number of rotatable bonds is 1. The van der Waals surface area contributed by atoms with Gasteiger partial charge in [-0.25, -0.2) is 0 Å². The number of hydrogen-bond acceptors (Lipinski definition) is 5. The van der Waals surface area contributed by atoms with Crippen LogP contribution in [0, 0.1) is 11.3 Å². The standard InChI is InChI=1S/C37H47NO5/c1-32(2)18-24-21-16-27-22(13-19(21)14-25(24)34(5,6)43-32)23-15-20-9-12-37(41)26-17-28(39)31(33(3,4)40)42-29(26)10-11-35(37,7)36(20,8)30(23)38-27/h13,16-17,20,29,31,38,40-41H,9-12,14-15,18H2,1-8H3/t20-,29?,31-,35+,36+,37+/m0/s1. The second-order valence-corrected chi connectivity index (χ2v) is 16.7. The zero-order valence-corrected chi connectivity index (χ0v) is 27.0. The van der Waals surface area contributed by atoms with Crippen LogP contribution < -0.4 is 0 Å². The van der Waals surface area contributed by atoms with Gasteiger partial charge in [-0.3, -0.25) is 4.79 Å². The van der Waals surface area contributed by atoms with E-state index in [2.05, 4.69) is 58.7 Å². The van der Waals surface area contributed by atoms with Crippen molar-refractivity contribution in [3.63, 3.8) is 0 Å². The third-order valence-electron chi connectivity index (χ3n) is 13.0. The van der Waals surface area contributed by atoms with Crippen LogP contribution in [-0.2, 0) is 32.5 Å². The van der Waals surface area contributed by atoms with Gasteiger partial charge in [0.25, 0.3) is 0 Å². The third kappa shape index (κ3) is 3.42. The molecule has 0 radical (unpaired) electrons. The monoisotopic (exact) mass is 585 g/mol. The predicted molar refractivity (Wildman–Crippen MR) is 167 cm³/mol. The molecule has 2 aliphatic heterocycles. The zero-order chi connectivity index (χ0) is 30.7. The second kappa shape index (κ2) is 8.12. The first kappa shape index (κ1) is 28.2. The Labute approximate surface area is 254 Å². The first-order valence-corrected chi connectivity index (χ1v) is 16.4. The molecular formula is C37H47NO5. The lowest BCUT2D eigenvalue weighted by atomic mass is 9.42. The fraction of sp³-hybridized carbons (Fsp3) is 0.649. The van der Waals surface area contributed by atoms with Crippen LogP contribution in [0.4, 0.5) is 0 Å². The molecule has 0 amide bonds. The number of fused-ring (bicyclic) bond motifs is 11. The smallest absolute Gasteiger partial charge is 0.187 e. The van der Waals surface area contributed by atoms with E-state index in [4.69, 9.17) is 9.47 Å². The van der Waals surface area contributed by atoms with Gasteiger partial charge in [0.15, 0.2) is 5.78 Å². The van der Waals surface area contributed by atoms with Crippen molar-refractivity contribution in [1.82, 2.24) is 4.98 Å². The first-order chi connectivity index (χ1) is 19.9. The van der Waals surface area contributed by atoms with E-state index >= 15 is 0 Å². The number of aliphatic hydroxyl groups is 2. The molecule has 0 bridgehead atoms. The lowest BCUT2D eigenvalue weighted by Gasteiger charge is -2.64. The molecule has 2 saturated carbocycles. The maximum atomic E-state index is 13.2. The molecule has 8 rings (SSSR count). The van der Waals surface area contributed by atoms with E-state index in [-0.39, 0.29) is 28.5 Å². The molecule has 2 aromatic rings. The Morgan fingerprint density at radius 1 is 1.05 bits per heavy atom. The van der Waals surface area contributed by atoms with E-state index in [1.807, 2.05) is 0 Å². The fourth-order valence-corrected chi connectivity index (χ4v) is 10.8. The van der Waals surface area contributed by atoms with Gasteiger partial charge in [-0.05, 0) is 138 Å². The van der Waals surface area contributed by atoms with Crippen molar-refractivity contribution in [2.45, 2.75) is 140 Å². The Hall–Kier alpha value is -2.25. The molecule has 0 saturated heterocycles. The van der Waals surface area contributed by atoms with Crippen LogP contribution in [0.25, 0.3) is 16.5 Å². The summed E-state index contributed by atoms with van der Waals surface area (Å²) >= 11 is 0. The van der Waals surface area contributed by atoms with E-state index in [1.54, 1.807) is 19.9 Å². The number of benzene rings is 1. The highest BCUT2D eigenvalue weighted by atomic mass is 16.5. The largest absolute Gasteiger partial charge is 0.387 e. The molecule has 43 heavy (non-hydrogen) atoms. The molecule has 6 nitrogen and oxygen atoms in total. The van der Waals surface area contributed by atoms with Gasteiger partial charge in [-0.15, -0.1) is 0 Å². The van der Waals surface area contributed by atoms with E-state index in [9.17, 15) is 15.0 Å². The second-order valence-electron chi connectivity index (χ2n) is 16.7. The Kier molecular flexibility index (Phi) is 5.33. The molecule has 230 valence electrons. The van der Waals surface area contributed by atoms with Crippen molar-refractivity contribution in [2.75, 3.05) is 0 Å². The van der Waals surface area contributed by atoms with Crippen LogP contribution in [0.15, 0.2) is 29.4 Å². The summed E-state index contributed by atoms with van der Waals surface area (Å²) in [6, 6.07) is 4.84. The molecular weight excluding hydrogens is 538 g/mol. The summed E-state index contributed by atoms with van der Waals surface area (Å²) in [5, 5.41) is 24.7. The van der Waals surface area contributed by atoms with Gasteiger partial charge in [0, 0.05) is 33.8 Å². The maximum Gasteiger partial charge on any atom is 0.187 e. The Morgan fingerprint density at radius 3 is 2.51 bits per heavy atom. The van der Waals surface area contributed by atoms with E-state index < -0.39 is 22.7 Å². The van der Waals surface area contributed by atoms with Crippen molar-refractivity contribution in [2.24, 2.45) is 11.3 Å². The molecule has 6 heteroatoms. The van der Waals surface area contributed by atoms with Crippen molar-refractivity contribution in [3.8, 4) is 0 Å². The topological polar surface area (TPSA) is 91.8 Å². The Balaban J connectivity index is 1.23. The summed E-state index contributed by atoms with van der Waals surface area (Å²) in [5.41, 5.74) is 6.56. The lowest BCUT2D eigenvalue weighted by molar-refractivity contribution is -0.195. The highest BCUT2D eigenvalue weighted by Crippen LogP contribution is 2.69. The van der Waals surface area contributed by atoms with E-state index in [1.165, 1.54) is 44.4 Å². The molecule has 6 atom stereocenters. The third-order valence-corrected chi connectivity index (χ3v) is 13.0. The summed E-state index contributed by atoms with van der Waals surface area (Å²) in [6.07, 6.45) is 6.26. The number of hydrogen-bond donors (Lipinski definition) is 3. The van der Waals surface area contributed by atoms with Crippen LogP contribution in [0.1, 0.15) is 110 Å². The van der Waals surface area contributed by atoms with Gasteiger partial charge in [0.05, 0.1) is 28.5 Å². The summed E-state index contributed by atoms with van der Waals surface area (Å²) in [7, 11) is 0. The van der Waals surface area contributed by atoms with Crippen LogP contribution in [0.2, 0.25) is 0 Å². The van der Waals surface area contributed by atoms with Gasteiger partial charge in [0.1, 0.15) is 6.10 Å². The molecule has 3 N–H and O–H groups in total. The molecule has 1 aromatic heterocycles. The van der Waals surface area contributed by atoms with Crippen molar-refractivity contribution >= 4 is 22.3 Å². The van der Waals surface area contributed by atoms with Gasteiger partial charge < -0.3 is 24.7 Å². The van der Waals surface area contributed by atoms with E-state index in [0.29, 0.717) is 12.3 Å². The molecule has 0 spiro atoms. The van der Waals surface area contributed by atoms with Gasteiger partial charge in [0.2, 0.25) is 0 Å². The Bertz CT molecular complexity index is 1680. The number of aromatic nitrogens is 1. The SMILES string of the molecule is CC1(C)CC2=C(Cc3cc4c5c([nH]c4cc32)[C@@]2(C)[C@@H](CC[C@@]3(O)C4=CC(=O)[C@@H](C(C)(C)O)OC4CC[C@@]32C)C5)C(C)(C)O1. The van der Waals surface area contributed by atoms with Crippen LogP contribution in [0.5, 0.6) is 0 Å². The van der Waals surface area contributed by atoms with Crippen LogP contribution >= 0.6 is 0 Å².